The molecule has 0 aromatic carbocycles. The summed E-state index contributed by atoms with van der Waals surface area (Å²) in [5, 5.41) is 8.46. The summed E-state index contributed by atoms with van der Waals surface area (Å²) in [4.78, 5) is 23.0. The first kappa shape index (κ1) is 16.4. The Balaban J connectivity index is 1.48. The predicted molar refractivity (Wildman–Crippen MR) is 93.0 cm³/mol. The molecule has 134 valence electrons. The van der Waals surface area contributed by atoms with Gasteiger partial charge in [0.15, 0.2) is 0 Å². The third-order valence-electron chi connectivity index (χ3n) is 5.01. The minimum absolute atomic E-state index is 0.00739. The number of likely N-dealkylation sites (tertiary alicyclic amines) is 1. The van der Waals surface area contributed by atoms with Crippen molar-refractivity contribution in [2.45, 2.75) is 39.8 Å². The molecule has 1 amide bonds. The molecule has 0 bridgehead atoms. The summed E-state index contributed by atoms with van der Waals surface area (Å²) in [5.41, 5.74) is 3.88. The van der Waals surface area contributed by atoms with E-state index in [-0.39, 0.29) is 18.5 Å². The Morgan fingerprint density at radius 2 is 2.19 bits per heavy atom. The molecule has 8 heteroatoms. The molecule has 4 rings (SSSR count). The van der Waals surface area contributed by atoms with Crippen LogP contribution in [0.5, 0.6) is 0 Å². The Bertz CT molecular complexity index is 946. The molecule has 26 heavy (non-hydrogen) atoms. The fourth-order valence-electron chi connectivity index (χ4n) is 3.08. The lowest BCUT2D eigenvalue weighted by Gasteiger charge is -2.38. The van der Waals surface area contributed by atoms with Crippen LogP contribution in [0.1, 0.15) is 35.3 Å². The smallest absolute Gasteiger partial charge is 0.249 e. The number of nitrogens with zero attached hydrogens (tertiary/aromatic N) is 6. The van der Waals surface area contributed by atoms with Crippen LogP contribution in [-0.2, 0) is 11.3 Å². The lowest BCUT2D eigenvalue weighted by atomic mass is 10.0. The summed E-state index contributed by atoms with van der Waals surface area (Å²) in [6.07, 6.45) is 4.19. The molecule has 1 fully saturated rings. The first-order valence-electron chi connectivity index (χ1n) is 8.58. The number of pyridine rings is 1. The molecular weight excluding hydrogens is 332 g/mol. The molecule has 4 heterocycles. The van der Waals surface area contributed by atoms with E-state index in [1.54, 1.807) is 22.0 Å². The molecule has 0 N–H and O–H groups in total. The fraction of sp³-hybridized carbons (Fsp3) is 0.389. The molecule has 0 aliphatic carbocycles. The molecule has 1 aliphatic rings. The summed E-state index contributed by atoms with van der Waals surface area (Å²) in [7, 11) is 0. The van der Waals surface area contributed by atoms with Crippen LogP contribution in [0.3, 0.4) is 0 Å². The third kappa shape index (κ3) is 2.77. The van der Waals surface area contributed by atoms with Gasteiger partial charge in [0.2, 0.25) is 17.6 Å². The average molecular weight is 352 g/mol. The van der Waals surface area contributed by atoms with Gasteiger partial charge in [0.05, 0.1) is 5.69 Å². The second-order valence-electron chi connectivity index (χ2n) is 6.54. The van der Waals surface area contributed by atoms with Crippen molar-refractivity contribution in [1.29, 1.82) is 0 Å². The van der Waals surface area contributed by atoms with Crippen LogP contribution >= 0.6 is 0 Å². The number of hydrogen-bond donors (Lipinski definition) is 0. The molecule has 3 aromatic rings. The molecule has 1 saturated heterocycles. The molecule has 0 unspecified atom stereocenters. The number of carbonyl (C=O) groups is 1. The number of rotatable bonds is 4. The lowest BCUT2D eigenvalue weighted by Crippen LogP contribution is -2.46. The monoisotopic (exact) mass is 352 g/mol. The fourth-order valence-corrected chi connectivity index (χ4v) is 3.08. The van der Waals surface area contributed by atoms with Crippen molar-refractivity contribution in [2.75, 3.05) is 6.54 Å². The predicted octanol–water partition coefficient (Wildman–Crippen LogP) is 2.23. The van der Waals surface area contributed by atoms with Crippen LogP contribution in [0.15, 0.2) is 29.0 Å². The maximum Gasteiger partial charge on any atom is 0.249 e. The molecular formula is C18H20N6O2. The van der Waals surface area contributed by atoms with Gasteiger partial charge in [-0.1, -0.05) is 5.16 Å². The van der Waals surface area contributed by atoms with E-state index < -0.39 is 0 Å². The van der Waals surface area contributed by atoms with Crippen molar-refractivity contribution >= 4 is 5.91 Å². The molecule has 0 saturated carbocycles. The molecule has 8 nitrogen and oxygen atoms in total. The highest BCUT2D eigenvalue weighted by Gasteiger charge is 2.37. The summed E-state index contributed by atoms with van der Waals surface area (Å²) in [6.45, 7) is 6.86. The Hall–Kier alpha value is -3.03. The van der Waals surface area contributed by atoms with E-state index in [2.05, 4.69) is 20.2 Å². The van der Waals surface area contributed by atoms with Gasteiger partial charge in [-0.3, -0.25) is 14.5 Å². The second kappa shape index (κ2) is 6.36. The normalized spacial score (nSPS) is 16.6. The van der Waals surface area contributed by atoms with Crippen molar-refractivity contribution < 1.29 is 9.32 Å². The SMILES string of the molecule is Cc1nn(CC(=O)N2CC[C@@H]2c2nc(-c3cccnc3)no2)c(C)c1C. The van der Waals surface area contributed by atoms with Crippen LogP contribution in [0.2, 0.25) is 0 Å². The standard InChI is InChI=1S/C18H20N6O2/c1-11-12(2)21-24(13(11)3)10-16(25)23-8-6-15(23)18-20-17(22-26-18)14-5-4-7-19-9-14/h4-5,7,9,15H,6,8,10H2,1-3H3/t15-/m1/s1. The number of aryl methyl sites for hydroxylation is 1. The highest BCUT2D eigenvalue weighted by Crippen LogP contribution is 2.33. The van der Waals surface area contributed by atoms with Gasteiger partial charge in [-0.2, -0.15) is 10.1 Å². The minimum Gasteiger partial charge on any atom is -0.337 e. The van der Waals surface area contributed by atoms with Crippen LogP contribution in [0, 0.1) is 20.8 Å². The largest absolute Gasteiger partial charge is 0.337 e. The van der Waals surface area contributed by atoms with E-state index in [0.717, 1.165) is 28.9 Å². The van der Waals surface area contributed by atoms with Gasteiger partial charge in [-0.25, -0.2) is 0 Å². The van der Waals surface area contributed by atoms with E-state index in [0.29, 0.717) is 18.3 Å². The summed E-state index contributed by atoms with van der Waals surface area (Å²) in [6, 6.07) is 3.52. The zero-order chi connectivity index (χ0) is 18.3. The first-order chi connectivity index (χ1) is 12.5. The Kier molecular flexibility index (Phi) is 4.02. The highest BCUT2D eigenvalue weighted by molar-refractivity contribution is 5.77. The molecule has 1 aliphatic heterocycles. The Morgan fingerprint density at radius 1 is 1.35 bits per heavy atom. The highest BCUT2D eigenvalue weighted by atomic mass is 16.5. The molecule has 0 radical (unpaired) electrons. The van der Waals surface area contributed by atoms with Crippen molar-refractivity contribution in [3.05, 3.63) is 47.4 Å². The number of aromatic nitrogens is 5. The van der Waals surface area contributed by atoms with E-state index >= 15 is 0 Å². The van der Waals surface area contributed by atoms with Gasteiger partial charge in [-0.05, 0) is 44.9 Å². The zero-order valence-electron chi connectivity index (χ0n) is 15.0. The summed E-state index contributed by atoms with van der Waals surface area (Å²) >= 11 is 0. The van der Waals surface area contributed by atoms with Crippen LogP contribution in [0.4, 0.5) is 0 Å². The number of carbonyl (C=O) groups excluding carboxylic acids is 1. The van der Waals surface area contributed by atoms with Crippen molar-refractivity contribution in [2.24, 2.45) is 0 Å². The number of amides is 1. The summed E-state index contributed by atoms with van der Waals surface area (Å²) < 4.78 is 7.16. The van der Waals surface area contributed by atoms with E-state index in [1.165, 1.54) is 0 Å². The van der Waals surface area contributed by atoms with E-state index in [1.807, 2.05) is 32.9 Å². The van der Waals surface area contributed by atoms with Gasteiger partial charge in [0, 0.05) is 30.2 Å². The maximum absolute atomic E-state index is 12.7. The number of hydrogen-bond acceptors (Lipinski definition) is 6. The second-order valence-corrected chi connectivity index (χ2v) is 6.54. The zero-order valence-corrected chi connectivity index (χ0v) is 15.0. The van der Waals surface area contributed by atoms with Gasteiger partial charge in [-0.15, -0.1) is 0 Å². The van der Waals surface area contributed by atoms with Gasteiger partial charge in [0.1, 0.15) is 12.6 Å². The molecule has 1 atom stereocenters. The quantitative estimate of drug-likeness (QED) is 0.715. The van der Waals surface area contributed by atoms with Crippen LogP contribution in [0.25, 0.3) is 11.4 Å². The first-order valence-corrected chi connectivity index (χ1v) is 8.58. The minimum atomic E-state index is -0.168. The van der Waals surface area contributed by atoms with Gasteiger partial charge >= 0.3 is 0 Å². The van der Waals surface area contributed by atoms with Crippen LogP contribution < -0.4 is 0 Å². The Morgan fingerprint density at radius 3 is 2.81 bits per heavy atom. The van der Waals surface area contributed by atoms with Gasteiger partial charge in [0.25, 0.3) is 0 Å². The summed E-state index contributed by atoms with van der Waals surface area (Å²) in [5.74, 6) is 0.961. The van der Waals surface area contributed by atoms with Crippen LogP contribution in [-0.4, -0.2) is 42.3 Å². The van der Waals surface area contributed by atoms with Crippen molar-refractivity contribution in [3.63, 3.8) is 0 Å². The maximum atomic E-state index is 12.7. The van der Waals surface area contributed by atoms with E-state index in [9.17, 15) is 4.79 Å². The van der Waals surface area contributed by atoms with E-state index in [4.69, 9.17) is 4.52 Å². The lowest BCUT2D eigenvalue weighted by molar-refractivity contribution is -0.141. The molecule has 0 spiro atoms. The molecule has 3 aromatic heterocycles. The topological polar surface area (TPSA) is 89.9 Å². The third-order valence-corrected chi connectivity index (χ3v) is 5.01. The van der Waals surface area contributed by atoms with Crippen molar-refractivity contribution in [1.82, 2.24) is 29.8 Å². The average Bonchev–Trinajstić information content (AvgIpc) is 3.16. The van der Waals surface area contributed by atoms with Crippen molar-refractivity contribution in [3.8, 4) is 11.4 Å². The Labute approximate surface area is 150 Å². The van der Waals surface area contributed by atoms with Gasteiger partial charge < -0.3 is 9.42 Å².